The fraction of sp³-hybridized carbons (Fsp3) is 0.240. The molecule has 0 spiro atoms. The SMILES string of the molecule is O=C(NCC(c1cccs1)N1CCCC1)c1cn(-c2ccccc2)nc1-c1cccnc1. The molecule has 0 radical (unpaired) electrons. The molecule has 3 aromatic heterocycles. The lowest BCUT2D eigenvalue weighted by Gasteiger charge is -2.26. The maximum absolute atomic E-state index is 13.4. The van der Waals surface area contributed by atoms with Crippen LogP contribution in [0.5, 0.6) is 0 Å². The maximum atomic E-state index is 13.4. The molecule has 162 valence electrons. The van der Waals surface area contributed by atoms with Gasteiger partial charge in [0, 0.05) is 35.6 Å². The van der Waals surface area contributed by atoms with Crippen LogP contribution in [-0.2, 0) is 0 Å². The first kappa shape index (κ1) is 20.6. The Labute approximate surface area is 191 Å². The average molecular weight is 444 g/mol. The van der Waals surface area contributed by atoms with E-state index in [4.69, 9.17) is 5.10 Å². The third-order valence-electron chi connectivity index (χ3n) is 5.82. The number of carbonyl (C=O) groups is 1. The van der Waals surface area contributed by atoms with Crippen LogP contribution in [0.1, 0.15) is 34.1 Å². The molecule has 7 heteroatoms. The second-order valence-electron chi connectivity index (χ2n) is 7.90. The highest BCUT2D eigenvalue weighted by atomic mass is 32.1. The van der Waals surface area contributed by atoms with Gasteiger partial charge in [-0.05, 0) is 61.6 Å². The highest BCUT2D eigenvalue weighted by Gasteiger charge is 2.26. The van der Waals surface area contributed by atoms with E-state index in [0.717, 1.165) is 24.3 Å². The monoisotopic (exact) mass is 443 g/mol. The maximum Gasteiger partial charge on any atom is 0.255 e. The molecule has 1 aromatic carbocycles. The largest absolute Gasteiger partial charge is 0.350 e. The quantitative estimate of drug-likeness (QED) is 0.455. The van der Waals surface area contributed by atoms with E-state index in [0.29, 0.717) is 17.8 Å². The molecule has 4 heterocycles. The van der Waals surface area contributed by atoms with Crippen LogP contribution in [0, 0.1) is 0 Å². The Bertz CT molecular complexity index is 1150. The standard InChI is InChI=1S/C25H25N5OS/c31-25(27-17-22(23-11-7-15-32-23)29-13-4-5-14-29)21-18-30(20-9-2-1-3-10-20)28-24(21)19-8-6-12-26-16-19/h1-3,6-12,15-16,18,22H,4-5,13-14,17H2,(H,27,31). The van der Waals surface area contributed by atoms with Crippen LogP contribution in [0.25, 0.3) is 16.9 Å². The number of rotatable bonds is 7. The van der Waals surface area contributed by atoms with Crippen LogP contribution in [-0.4, -0.2) is 45.2 Å². The van der Waals surface area contributed by atoms with Crippen molar-refractivity contribution < 1.29 is 4.79 Å². The van der Waals surface area contributed by atoms with Gasteiger partial charge in [-0.15, -0.1) is 11.3 Å². The lowest BCUT2D eigenvalue weighted by molar-refractivity contribution is 0.0939. The number of hydrogen-bond acceptors (Lipinski definition) is 5. The van der Waals surface area contributed by atoms with Crippen LogP contribution in [0.15, 0.2) is 78.6 Å². The molecule has 1 aliphatic rings. The molecular weight excluding hydrogens is 418 g/mol. The Kier molecular flexibility index (Phi) is 6.09. The number of aromatic nitrogens is 3. The summed E-state index contributed by atoms with van der Waals surface area (Å²) in [6.45, 7) is 2.72. The third-order valence-corrected chi connectivity index (χ3v) is 6.80. The minimum atomic E-state index is -0.119. The van der Waals surface area contributed by atoms with Crippen LogP contribution < -0.4 is 5.32 Å². The molecule has 4 aromatic rings. The Morgan fingerprint density at radius 2 is 1.91 bits per heavy atom. The summed E-state index contributed by atoms with van der Waals surface area (Å²) in [6, 6.07) is 18.1. The number of carbonyl (C=O) groups excluding carboxylic acids is 1. The fourth-order valence-corrected chi connectivity index (χ4v) is 5.06. The number of thiophene rings is 1. The minimum Gasteiger partial charge on any atom is -0.350 e. The molecule has 1 fully saturated rings. The van der Waals surface area contributed by atoms with E-state index in [1.165, 1.54) is 17.7 Å². The Morgan fingerprint density at radius 1 is 1.06 bits per heavy atom. The van der Waals surface area contributed by atoms with Gasteiger partial charge in [0.15, 0.2) is 0 Å². The summed E-state index contributed by atoms with van der Waals surface area (Å²) in [4.78, 5) is 21.4. The second-order valence-corrected chi connectivity index (χ2v) is 8.88. The highest BCUT2D eigenvalue weighted by molar-refractivity contribution is 7.10. The van der Waals surface area contributed by atoms with Crippen molar-refractivity contribution in [2.45, 2.75) is 18.9 Å². The first-order valence-corrected chi connectivity index (χ1v) is 11.8. The summed E-state index contributed by atoms with van der Waals surface area (Å²) in [5.74, 6) is -0.119. The second kappa shape index (κ2) is 9.46. The first-order valence-electron chi connectivity index (χ1n) is 10.9. The van der Waals surface area contributed by atoms with Crippen molar-refractivity contribution in [2.75, 3.05) is 19.6 Å². The predicted octanol–water partition coefficient (Wildman–Crippen LogP) is 4.56. The molecule has 1 unspecified atom stereocenters. The number of pyridine rings is 1. The first-order chi connectivity index (χ1) is 15.8. The molecule has 0 bridgehead atoms. The zero-order valence-electron chi connectivity index (χ0n) is 17.7. The zero-order valence-corrected chi connectivity index (χ0v) is 18.5. The average Bonchev–Trinajstić information content (AvgIpc) is 3.63. The molecule has 1 amide bonds. The number of benzene rings is 1. The van der Waals surface area contributed by atoms with Gasteiger partial charge in [-0.1, -0.05) is 24.3 Å². The van der Waals surface area contributed by atoms with Crippen molar-refractivity contribution in [1.82, 2.24) is 25.0 Å². The summed E-state index contributed by atoms with van der Waals surface area (Å²) in [5, 5.41) is 10.0. The molecular formula is C25H25N5OS. The number of para-hydroxylation sites is 1. The smallest absolute Gasteiger partial charge is 0.255 e. The van der Waals surface area contributed by atoms with E-state index in [9.17, 15) is 4.79 Å². The predicted molar refractivity (Wildman–Crippen MR) is 127 cm³/mol. The normalized spacial score (nSPS) is 15.0. The molecule has 1 N–H and O–H groups in total. The molecule has 1 atom stereocenters. The summed E-state index contributed by atoms with van der Waals surface area (Å²) < 4.78 is 1.76. The number of nitrogens with zero attached hydrogens (tertiary/aromatic N) is 4. The summed E-state index contributed by atoms with van der Waals surface area (Å²) >= 11 is 1.75. The third kappa shape index (κ3) is 4.35. The van der Waals surface area contributed by atoms with Crippen LogP contribution in [0.2, 0.25) is 0 Å². The number of nitrogens with one attached hydrogen (secondary N) is 1. The molecule has 1 saturated heterocycles. The van der Waals surface area contributed by atoms with Crippen molar-refractivity contribution in [3.05, 3.63) is 89.0 Å². The van der Waals surface area contributed by atoms with Gasteiger partial charge < -0.3 is 5.32 Å². The Balaban J connectivity index is 1.42. The van der Waals surface area contributed by atoms with E-state index >= 15 is 0 Å². The van der Waals surface area contributed by atoms with E-state index in [1.54, 1.807) is 28.4 Å². The molecule has 5 rings (SSSR count). The van der Waals surface area contributed by atoms with Crippen molar-refractivity contribution in [2.24, 2.45) is 0 Å². The summed E-state index contributed by atoms with van der Waals surface area (Å²) in [5.41, 5.74) is 2.91. The summed E-state index contributed by atoms with van der Waals surface area (Å²) in [6.07, 6.45) is 7.70. The zero-order chi connectivity index (χ0) is 21.8. The Hall–Kier alpha value is -3.29. The summed E-state index contributed by atoms with van der Waals surface area (Å²) in [7, 11) is 0. The van der Waals surface area contributed by atoms with Crippen molar-refractivity contribution in [3.63, 3.8) is 0 Å². The van der Waals surface area contributed by atoms with E-state index < -0.39 is 0 Å². The number of likely N-dealkylation sites (tertiary alicyclic amines) is 1. The lowest BCUT2D eigenvalue weighted by atomic mass is 10.1. The lowest BCUT2D eigenvalue weighted by Crippen LogP contribution is -2.36. The molecule has 1 aliphatic heterocycles. The van der Waals surface area contributed by atoms with Gasteiger partial charge in [-0.2, -0.15) is 5.10 Å². The Morgan fingerprint density at radius 3 is 2.62 bits per heavy atom. The van der Waals surface area contributed by atoms with Crippen molar-refractivity contribution in [3.8, 4) is 16.9 Å². The molecule has 0 aliphatic carbocycles. The highest BCUT2D eigenvalue weighted by Crippen LogP contribution is 2.28. The fourth-order valence-electron chi connectivity index (χ4n) is 4.20. The topological polar surface area (TPSA) is 63.1 Å². The molecule has 6 nitrogen and oxygen atoms in total. The van der Waals surface area contributed by atoms with Crippen LogP contribution >= 0.6 is 11.3 Å². The van der Waals surface area contributed by atoms with E-state index in [2.05, 4.69) is 32.7 Å². The van der Waals surface area contributed by atoms with Gasteiger partial charge in [-0.3, -0.25) is 14.7 Å². The van der Waals surface area contributed by atoms with Crippen LogP contribution in [0.4, 0.5) is 0 Å². The van der Waals surface area contributed by atoms with E-state index in [-0.39, 0.29) is 11.9 Å². The van der Waals surface area contributed by atoms with Gasteiger partial charge in [0.05, 0.1) is 17.3 Å². The van der Waals surface area contributed by atoms with E-state index in [1.807, 2.05) is 48.7 Å². The number of hydrogen-bond donors (Lipinski definition) is 1. The van der Waals surface area contributed by atoms with Crippen molar-refractivity contribution >= 4 is 17.2 Å². The van der Waals surface area contributed by atoms with Crippen LogP contribution in [0.3, 0.4) is 0 Å². The van der Waals surface area contributed by atoms with Gasteiger partial charge in [-0.25, -0.2) is 4.68 Å². The van der Waals surface area contributed by atoms with Crippen molar-refractivity contribution in [1.29, 1.82) is 0 Å². The number of amides is 1. The van der Waals surface area contributed by atoms with Gasteiger partial charge in [0.1, 0.15) is 5.69 Å². The van der Waals surface area contributed by atoms with Gasteiger partial charge >= 0.3 is 0 Å². The molecule has 32 heavy (non-hydrogen) atoms. The van der Waals surface area contributed by atoms with Gasteiger partial charge in [0.25, 0.3) is 5.91 Å². The molecule has 0 saturated carbocycles. The van der Waals surface area contributed by atoms with Gasteiger partial charge in [0.2, 0.25) is 0 Å². The minimum absolute atomic E-state index is 0.119.